The van der Waals surface area contributed by atoms with E-state index < -0.39 is 5.97 Å². The van der Waals surface area contributed by atoms with Crippen molar-refractivity contribution in [3.63, 3.8) is 0 Å². The maximum Gasteiger partial charge on any atom is 0.365 e. The van der Waals surface area contributed by atoms with Gasteiger partial charge >= 0.3 is 5.97 Å². The van der Waals surface area contributed by atoms with Gasteiger partial charge in [0.05, 0.1) is 12.1 Å². The van der Waals surface area contributed by atoms with Crippen molar-refractivity contribution in [1.82, 2.24) is 9.78 Å². The Morgan fingerprint density at radius 3 is 2.76 bits per heavy atom. The van der Waals surface area contributed by atoms with Crippen LogP contribution in [0.3, 0.4) is 0 Å². The van der Waals surface area contributed by atoms with E-state index in [1.54, 1.807) is 6.20 Å². The van der Waals surface area contributed by atoms with Crippen LogP contribution in [0.4, 0.5) is 0 Å². The second-order valence-corrected chi connectivity index (χ2v) is 4.51. The zero-order valence-corrected chi connectivity index (χ0v) is 12.3. The van der Waals surface area contributed by atoms with Gasteiger partial charge in [-0.2, -0.15) is 5.10 Å². The minimum absolute atomic E-state index is 0.0278. The van der Waals surface area contributed by atoms with Crippen LogP contribution in [0.15, 0.2) is 24.4 Å². The van der Waals surface area contributed by atoms with E-state index in [1.807, 2.05) is 6.92 Å². The van der Waals surface area contributed by atoms with Crippen molar-refractivity contribution in [3.8, 4) is 11.5 Å². The molecule has 110 valence electrons. The molecule has 0 unspecified atom stereocenters. The molecular formula is C14H13ClN2O4. The van der Waals surface area contributed by atoms with Gasteiger partial charge in [-0.15, -0.1) is 0 Å². The molecule has 0 radical (unpaired) electrons. The lowest BCUT2D eigenvalue weighted by Crippen LogP contribution is -2.11. The second-order valence-electron chi connectivity index (χ2n) is 4.10. The van der Waals surface area contributed by atoms with Crippen LogP contribution < -0.4 is 9.47 Å². The highest BCUT2D eigenvalue weighted by atomic mass is 35.5. The number of carbonyl (C=O) groups excluding carboxylic acids is 2. The molecule has 2 rings (SSSR count). The first-order chi connectivity index (χ1) is 10.1. The SMILES string of the molecule is CCn1cc(Cl)c(C(=O)Oc2ccc(C=O)cc2OC)n1. The van der Waals surface area contributed by atoms with Gasteiger partial charge < -0.3 is 9.47 Å². The molecule has 0 saturated carbocycles. The molecule has 0 aliphatic rings. The van der Waals surface area contributed by atoms with Crippen molar-refractivity contribution in [2.24, 2.45) is 0 Å². The maximum absolute atomic E-state index is 12.1. The highest BCUT2D eigenvalue weighted by molar-refractivity contribution is 6.33. The first-order valence-electron chi connectivity index (χ1n) is 6.17. The Balaban J connectivity index is 2.26. The van der Waals surface area contributed by atoms with Gasteiger partial charge in [-0.3, -0.25) is 9.48 Å². The van der Waals surface area contributed by atoms with Crippen LogP contribution in [0.5, 0.6) is 11.5 Å². The Kier molecular flexibility index (Phi) is 4.59. The van der Waals surface area contributed by atoms with Gasteiger partial charge in [0.2, 0.25) is 0 Å². The van der Waals surface area contributed by atoms with E-state index in [9.17, 15) is 9.59 Å². The van der Waals surface area contributed by atoms with Gasteiger partial charge in [-0.1, -0.05) is 11.6 Å². The van der Waals surface area contributed by atoms with Gasteiger partial charge in [0.1, 0.15) is 6.29 Å². The topological polar surface area (TPSA) is 70.4 Å². The molecule has 1 heterocycles. The average molecular weight is 309 g/mol. The van der Waals surface area contributed by atoms with Crippen LogP contribution in [0.25, 0.3) is 0 Å². The lowest BCUT2D eigenvalue weighted by atomic mass is 10.2. The molecule has 1 aromatic heterocycles. The summed E-state index contributed by atoms with van der Waals surface area (Å²) in [6.45, 7) is 2.46. The number of halogens is 1. The minimum atomic E-state index is -0.690. The highest BCUT2D eigenvalue weighted by Crippen LogP contribution is 2.29. The number of carbonyl (C=O) groups is 2. The molecule has 0 N–H and O–H groups in total. The molecule has 0 aliphatic carbocycles. The number of aryl methyl sites for hydroxylation is 1. The van der Waals surface area contributed by atoms with E-state index in [0.29, 0.717) is 18.4 Å². The molecule has 21 heavy (non-hydrogen) atoms. The quantitative estimate of drug-likeness (QED) is 0.482. The molecule has 7 heteroatoms. The molecule has 0 spiro atoms. The summed E-state index contributed by atoms with van der Waals surface area (Å²) in [5.41, 5.74) is 0.444. The summed E-state index contributed by atoms with van der Waals surface area (Å²) in [7, 11) is 1.42. The summed E-state index contributed by atoms with van der Waals surface area (Å²) in [6.07, 6.45) is 2.22. The molecule has 0 aliphatic heterocycles. The minimum Gasteiger partial charge on any atom is -0.493 e. The highest BCUT2D eigenvalue weighted by Gasteiger charge is 2.19. The molecule has 0 fully saturated rings. The molecule has 1 aromatic carbocycles. The average Bonchev–Trinajstić information content (AvgIpc) is 2.88. The fraction of sp³-hybridized carbons (Fsp3) is 0.214. The van der Waals surface area contributed by atoms with E-state index in [-0.39, 0.29) is 22.2 Å². The van der Waals surface area contributed by atoms with E-state index >= 15 is 0 Å². The summed E-state index contributed by atoms with van der Waals surface area (Å²) >= 11 is 5.94. The van der Waals surface area contributed by atoms with E-state index in [0.717, 1.165) is 0 Å². The van der Waals surface area contributed by atoms with Gasteiger partial charge in [0.25, 0.3) is 0 Å². The number of hydrogen-bond donors (Lipinski definition) is 0. The molecular weight excluding hydrogens is 296 g/mol. The van der Waals surface area contributed by atoms with Gasteiger partial charge in [0, 0.05) is 18.3 Å². The summed E-state index contributed by atoms with van der Waals surface area (Å²) in [5.74, 6) is -0.224. The number of aromatic nitrogens is 2. The van der Waals surface area contributed by atoms with Crippen molar-refractivity contribution in [3.05, 3.63) is 40.7 Å². The van der Waals surface area contributed by atoms with Crippen molar-refractivity contribution < 1.29 is 19.1 Å². The number of benzene rings is 1. The van der Waals surface area contributed by atoms with E-state index in [4.69, 9.17) is 21.1 Å². The Morgan fingerprint density at radius 1 is 1.43 bits per heavy atom. The third-order valence-electron chi connectivity index (χ3n) is 2.76. The van der Waals surface area contributed by atoms with Crippen LogP contribution in [0, 0.1) is 0 Å². The monoisotopic (exact) mass is 308 g/mol. The third kappa shape index (κ3) is 3.22. The molecule has 2 aromatic rings. The first kappa shape index (κ1) is 15.1. The van der Waals surface area contributed by atoms with Crippen LogP contribution in [-0.4, -0.2) is 29.1 Å². The first-order valence-corrected chi connectivity index (χ1v) is 6.55. The van der Waals surface area contributed by atoms with Crippen LogP contribution in [0.1, 0.15) is 27.8 Å². The van der Waals surface area contributed by atoms with Crippen molar-refractivity contribution in [1.29, 1.82) is 0 Å². The van der Waals surface area contributed by atoms with Crippen molar-refractivity contribution in [2.45, 2.75) is 13.5 Å². The lowest BCUT2D eigenvalue weighted by molar-refractivity contribution is 0.0722. The fourth-order valence-corrected chi connectivity index (χ4v) is 1.91. The number of methoxy groups -OCH3 is 1. The summed E-state index contributed by atoms with van der Waals surface area (Å²) in [5, 5.41) is 4.24. The summed E-state index contributed by atoms with van der Waals surface area (Å²) in [6, 6.07) is 4.47. The Morgan fingerprint density at radius 2 is 2.19 bits per heavy atom. The van der Waals surface area contributed by atoms with Crippen LogP contribution >= 0.6 is 11.6 Å². The van der Waals surface area contributed by atoms with Crippen LogP contribution in [-0.2, 0) is 6.54 Å². The van der Waals surface area contributed by atoms with E-state index in [2.05, 4.69) is 5.10 Å². The Labute approximate surface area is 126 Å². The number of nitrogens with zero attached hydrogens (tertiary/aromatic N) is 2. The zero-order valence-electron chi connectivity index (χ0n) is 11.5. The number of aldehydes is 1. The van der Waals surface area contributed by atoms with Gasteiger partial charge in [-0.25, -0.2) is 4.79 Å². The Bertz CT molecular complexity index is 682. The maximum atomic E-state index is 12.1. The molecule has 0 amide bonds. The standard InChI is InChI=1S/C14H13ClN2O4/c1-3-17-7-10(15)13(16-17)14(19)21-11-5-4-9(8-18)6-12(11)20-2/h4-8H,3H2,1-2H3. The zero-order chi connectivity index (χ0) is 15.4. The van der Waals surface area contributed by atoms with Crippen molar-refractivity contribution in [2.75, 3.05) is 7.11 Å². The van der Waals surface area contributed by atoms with Crippen molar-refractivity contribution >= 4 is 23.9 Å². The molecule has 6 nitrogen and oxygen atoms in total. The third-order valence-corrected chi connectivity index (χ3v) is 3.04. The van der Waals surface area contributed by atoms with Crippen LogP contribution in [0.2, 0.25) is 5.02 Å². The summed E-state index contributed by atoms with van der Waals surface area (Å²) in [4.78, 5) is 22.8. The Hall–Kier alpha value is -2.34. The number of hydrogen-bond acceptors (Lipinski definition) is 5. The normalized spacial score (nSPS) is 10.2. The lowest BCUT2D eigenvalue weighted by Gasteiger charge is -2.08. The largest absolute Gasteiger partial charge is 0.493 e. The fourth-order valence-electron chi connectivity index (χ4n) is 1.69. The molecule has 0 saturated heterocycles. The van der Waals surface area contributed by atoms with Gasteiger partial charge in [0.15, 0.2) is 17.2 Å². The predicted octanol–water partition coefficient (Wildman–Crippen LogP) is 2.60. The molecule has 0 bridgehead atoms. The molecule has 0 atom stereocenters. The second kappa shape index (κ2) is 6.41. The number of ether oxygens (including phenoxy) is 2. The predicted molar refractivity (Wildman–Crippen MR) is 76.3 cm³/mol. The van der Waals surface area contributed by atoms with E-state index in [1.165, 1.54) is 30.0 Å². The number of esters is 1. The van der Waals surface area contributed by atoms with Gasteiger partial charge in [-0.05, 0) is 25.1 Å². The number of rotatable bonds is 5. The summed E-state index contributed by atoms with van der Waals surface area (Å²) < 4.78 is 11.8. The smallest absolute Gasteiger partial charge is 0.365 e.